The molecule has 0 aliphatic carbocycles. The van der Waals surface area contributed by atoms with Gasteiger partial charge in [-0.3, -0.25) is 4.79 Å². The SMILES string of the molecule is Nc1ncc(SCC(=O)NCc2ccc(F)cc2)s1. The number of benzene rings is 1. The number of thioether (sulfide) groups is 1. The predicted molar refractivity (Wildman–Crippen MR) is 75.5 cm³/mol. The van der Waals surface area contributed by atoms with Gasteiger partial charge in [0.2, 0.25) is 5.91 Å². The van der Waals surface area contributed by atoms with Crippen molar-refractivity contribution >= 4 is 34.1 Å². The van der Waals surface area contributed by atoms with Gasteiger partial charge in [-0.1, -0.05) is 23.5 Å². The molecule has 7 heteroatoms. The first-order valence-electron chi connectivity index (χ1n) is 5.49. The molecular weight excluding hydrogens is 285 g/mol. The molecule has 2 aromatic rings. The molecule has 1 aromatic carbocycles. The minimum atomic E-state index is -0.284. The van der Waals surface area contributed by atoms with Gasteiger partial charge in [0.25, 0.3) is 0 Å². The number of hydrogen-bond donors (Lipinski definition) is 2. The summed E-state index contributed by atoms with van der Waals surface area (Å²) in [5.41, 5.74) is 6.36. The summed E-state index contributed by atoms with van der Waals surface area (Å²) in [6.45, 7) is 0.393. The lowest BCUT2D eigenvalue weighted by molar-refractivity contribution is -0.118. The Morgan fingerprint density at radius 3 is 2.79 bits per heavy atom. The van der Waals surface area contributed by atoms with Crippen LogP contribution in [0.3, 0.4) is 0 Å². The van der Waals surface area contributed by atoms with E-state index in [1.807, 2.05) is 0 Å². The predicted octanol–water partition coefficient (Wildman–Crippen LogP) is 2.27. The molecule has 0 aliphatic heterocycles. The Balaban J connectivity index is 1.74. The smallest absolute Gasteiger partial charge is 0.230 e. The lowest BCUT2D eigenvalue weighted by atomic mass is 10.2. The highest BCUT2D eigenvalue weighted by atomic mass is 32.2. The van der Waals surface area contributed by atoms with Crippen molar-refractivity contribution in [3.05, 3.63) is 41.8 Å². The third-order valence-corrected chi connectivity index (χ3v) is 4.27. The molecule has 1 amide bonds. The Labute approximate surface area is 118 Å². The van der Waals surface area contributed by atoms with Crippen LogP contribution in [-0.4, -0.2) is 16.6 Å². The maximum Gasteiger partial charge on any atom is 0.230 e. The van der Waals surface area contributed by atoms with Crippen molar-refractivity contribution in [3.63, 3.8) is 0 Å². The highest BCUT2D eigenvalue weighted by Crippen LogP contribution is 2.25. The van der Waals surface area contributed by atoms with Gasteiger partial charge >= 0.3 is 0 Å². The molecule has 4 nitrogen and oxygen atoms in total. The minimum Gasteiger partial charge on any atom is -0.375 e. The molecule has 0 aliphatic rings. The van der Waals surface area contributed by atoms with Crippen molar-refractivity contribution in [1.82, 2.24) is 10.3 Å². The van der Waals surface area contributed by atoms with Gasteiger partial charge in [0, 0.05) is 6.54 Å². The molecule has 0 fully saturated rings. The number of nitrogens with zero attached hydrogens (tertiary/aromatic N) is 1. The molecule has 0 saturated carbocycles. The van der Waals surface area contributed by atoms with E-state index >= 15 is 0 Å². The summed E-state index contributed by atoms with van der Waals surface area (Å²) in [4.78, 5) is 15.5. The summed E-state index contributed by atoms with van der Waals surface area (Å²) >= 11 is 2.74. The Kier molecular flexibility index (Phi) is 4.75. The first kappa shape index (κ1) is 13.8. The van der Waals surface area contributed by atoms with Crippen molar-refractivity contribution in [1.29, 1.82) is 0 Å². The van der Waals surface area contributed by atoms with Crippen molar-refractivity contribution in [2.24, 2.45) is 0 Å². The number of rotatable bonds is 5. The molecule has 0 spiro atoms. The number of nitrogens with one attached hydrogen (secondary N) is 1. The van der Waals surface area contributed by atoms with Crippen LogP contribution in [-0.2, 0) is 11.3 Å². The zero-order chi connectivity index (χ0) is 13.7. The van der Waals surface area contributed by atoms with Crippen LogP contribution < -0.4 is 11.1 Å². The van der Waals surface area contributed by atoms with Gasteiger partial charge in [-0.2, -0.15) is 0 Å². The average molecular weight is 297 g/mol. The van der Waals surface area contributed by atoms with E-state index < -0.39 is 0 Å². The van der Waals surface area contributed by atoms with Crippen LogP contribution in [0.15, 0.2) is 34.7 Å². The standard InChI is InChI=1S/C12H12FN3OS2/c13-9-3-1-8(2-4-9)5-15-10(17)7-18-11-6-16-12(14)19-11/h1-4,6H,5,7H2,(H2,14,16)(H,15,17). The van der Waals surface area contributed by atoms with Crippen LogP contribution in [0.1, 0.15) is 5.56 Å². The number of nitrogen functional groups attached to an aromatic ring is 1. The number of halogens is 1. The zero-order valence-corrected chi connectivity index (χ0v) is 11.6. The molecule has 2 rings (SSSR count). The molecule has 0 saturated heterocycles. The van der Waals surface area contributed by atoms with Gasteiger partial charge in [-0.15, -0.1) is 11.8 Å². The molecule has 1 aromatic heterocycles. The molecule has 1 heterocycles. The lowest BCUT2D eigenvalue weighted by Crippen LogP contribution is -2.24. The first-order chi connectivity index (χ1) is 9.13. The fourth-order valence-electron chi connectivity index (χ4n) is 1.33. The van der Waals surface area contributed by atoms with Crippen LogP contribution in [0.5, 0.6) is 0 Å². The molecular formula is C12H12FN3OS2. The Morgan fingerprint density at radius 2 is 2.16 bits per heavy atom. The van der Waals surface area contributed by atoms with Crippen LogP contribution in [0.2, 0.25) is 0 Å². The van der Waals surface area contributed by atoms with E-state index in [1.54, 1.807) is 18.3 Å². The van der Waals surface area contributed by atoms with E-state index in [9.17, 15) is 9.18 Å². The Hall–Kier alpha value is -1.60. The summed E-state index contributed by atoms with van der Waals surface area (Å²) in [5.74, 6) is -0.0576. The summed E-state index contributed by atoms with van der Waals surface area (Å²) < 4.78 is 13.6. The maximum absolute atomic E-state index is 12.7. The van der Waals surface area contributed by atoms with Crippen LogP contribution >= 0.6 is 23.1 Å². The number of nitrogens with two attached hydrogens (primary N) is 1. The molecule has 0 atom stereocenters. The second kappa shape index (κ2) is 6.53. The first-order valence-corrected chi connectivity index (χ1v) is 7.29. The second-order valence-corrected chi connectivity index (χ2v) is 6.05. The Morgan fingerprint density at radius 1 is 1.42 bits per heavy atom. The summed E-state index contributed by atoms with van der Waals surface area (Å²) in [6, 6.07) is 6.03. The van der Waals surface area contributed by atoms with Gasteiger partial charge in [0.15, 0.2) is 5.13 Å². The topological polar surface area (TPSA) is 68.0 Å². The molecule has 19 heavy (non-hydrogen) atoms. The van der Waals surface area contributed by atoms with Crippen LogP contribution in [0, 0.1) is 5.82 Å². The van der Waals surface area contributed by atoms with Gasteiger partial charge in [-0.25, -0.2) is 9.37 Å². The highest BCUT2D eigenvalue weighted by molar-refractivity contribution is 8.01. The Bertz CT molecular complexity index is 556. The van der Waals surface area contributed by atoms with Gasteiger partial charge in [0.05, 0.1) is 16.2 Å². The number of aromatic nitrogens is 1. The lowest BCUT2D eigenvalue weighted by Gasteiger charge is -2.04. The number of carbonyl (C=O) groups is 1. The van der Waals surface area contributed by atoms with E-state index in [0.29, 0.717) is 17.4 Å². The summed E-state index contributed by atoms with van der Waals surface area (Å²) in [6.07, 6.45) is 1.65. The summed E-state index contributed by atoms with van der Waals surface area (Å²) in [7, 11) is 0. The third-order valence-electron chi connectivity index (χ3n) is 2.25. The quantitative estimate of drug-likeness (QED) is 0.831. The van der Waals surface area contributed by atoms with Gasteiger partial charge < -0.3 is 11.1 Å². The molecule has 0 radical (unpaired) electrons. The second-order valence-electron chi connectivity index (χ2n) is 3.71. The van der Waals surface area contributed by atoms with E-state index in [2.05, 4.69) is 10.3 Å². The zero-order valence-electron chi connectivity index (χ0n) is 9.93. The fourth-order valence-corrected chi connectivity index (χ4v) is 2.92. The molecule has 0 unspecified atom stereocenters. The van der Waals surface area contributed by atoms with E-state index in [4.69, 9.17) is 5.73 Å². The highest BCUT2D eigenvalue weighted by Gasteiger charge is 2.05. The maximum atomic E-state index is 12.7. The molecule has 100 valence electrons. The number of anilines is 1. The van der Waals surface area contributed by atoms with Crippen molar-refractivity contribution in [2.75, 3.05) is 11.5 Å². The van der Waals surface area contributed by atoms with E-state index in [-0.39, 0.29) is 11.7 Å². The minimum absolute atomic E-state index is 0.0821. The number of hydrogen-bond acceptors (Lipinski definition) is 5. The molecule has 3 N–H and O–H groups in total. The number of carbonyl (C=O) groups excluding carboxylic acids is 1. The number of amides is 1. The average Bonchev–Trinajstić information content (AvgIpc) is 2.81. The van der Waals surface area contributed by atoms with Gasteiger partial charge in [-0.05, 0) is 17.7 Å². The van der Waals surface area contributed by atoms with Crippen molar-refractivity contribution in [3.8, 4) is 0 Å². The monoisotopic (exact) mass is 297 g/mol. The van der Waals surface area contributed by atoms with Gasteiger partial charge in [0.1, 0.15) is 5.82 Å². The van der Waals surface area contributed by atoms with Crippen LogP contribution in [0.4, 0.5) is 9.52 Å². The third kappa shape index (κ3) is 4.53. The van der Waals surface area contributed by atoms with Crippen LogP contribution in [0.25, 0.3) is 0 Å². The largest absolute Gasteiger partial charge is 0.375 e. The number of thiazole rings is 1. The fraction of sp³-hybridized carbons (Fsp3) is 0.167. The van der Waals surface area contributed by atoms with Crippen molar-refractivity contribution in [2.45, 2.75) is 10.8 Å². The molecule has 0 bridgehead atoms. The summed E-state index contributed by atoms with van der Waals surface area (Å²) in [5, 5.41) is 3.26. The normalized spacial score (nSPS) is 10.4. The van der Waals surface area contributed by atoms with E-state index in [1.165, 1.54) is 35.2 Å². The van der Waals surface area contributed by atoms with E-state index in [0.717, 1.165) is 9.77 Å². The van der Waals surface area contributed by atoms with Crippen molar-refractivity contribution < 1.29 is 9.18 Å².